The predicted octanol–water partition coefficient (Wildman–Crippen LogP) is 0.852. The molecule has 23 heavy (non-hydrogen) atoms. The summed E-state index contributed by atoms with van der Waals surface area (Å²) in [5, 5.41) is 3.17. The molecule has 1 aromatic rings. The lowest BCUT2D eigenvalue weighted by molar-refractivity contribution is -0.149. The number of rotatable bonds is 4. The first-order valence-electron chi connectivity index (χ1n) is 8.06. The normalized spacial score (nSPS) is 20.3. The van der Waals surface area contributed by atoms with Crippen LogP contribution in [-0.4, -0.2) is 54.3 Å². The molecule has 1 aromatic carbocycles. The Balaban J connectivity index is 1.56. The van der Waals surface area contributed by atoms with E-state index in [2.05, 4.69) is 5.32 Å². The molecule has 3 rings (SSSR count). The van der Waals surface area contributed by atoms with Crippen LogP contribution in [0.25, 0.3) is 0 Å². The highest BCUT2D eigenvalue weighted by Crippen LogP contribution is 2.20. The Morgan fingerprint density at radius 1 is 1.39 bits per heavy atom. The van der Waals surface area contributed by atoms with E-state index in [9.17, 15) is 14.0 Å². The molecule has 1 atom stereocenters. The summed E-state index contributed by atoms with van der Waals surface area (Å²) in [6.07, 6.45) is 0. The standard InChI is InChI=1S/C17H22FN3O2/c1-12(14-8-19-9-14)17(23)21-6-5-20(16(22)11-21)10-13-3-2-4-15(18)7-13/h2-4,7,12,14,19H,5-6,8-11H2,1H3. The van der Waals surface area contributed by atoms with Crippen molar-refractivity contribution in [1.82, 2.24) is 15.1 Å². The quantitative estimate of drug-likeness (QED) is 0.895. The van der Waals surface area contributed by atoms with Crippen LogP contribution in [0, 0.1) is 17.7 Å². The van der Waals surface area contributed by atoms with E-state index in [4.69, 9.17) is 0 Å². The molecule has 1 unspecified atom stereocenters. The zero-order chi connectivity index (χ0) is 16.4. The van der Waals surface area contributed by atoms with Gasteiger partial charge in [0.25, 0.3) is 0 Å². The number of hydrogen-bond acceptors (Lipinski definition) is 3. The van der Waals surface area contributed by atoms with Gasteiger partial charge in [-0.1, -0.05) is 19.1 Å². The molecule has 0 spiro atoms. The van der Waals surface area contributed by atoms with Gasteiger partial charge in [0, 0.05) is 25.6 Å². The first kappa shape index (κ1) is 15.9. The number of carbonyl (C=O) groups is 2. The lowest BCUT2D eigenvalue weighted by Gasteiger charge is -2.38. The van der Waals surface area contributed by atoms with Crippen LogP contribution in [-0.2, 0) is 16.1 Å². The van der Waals surface area contributed by atoms with Crippen molar-refractivity contribution in [3.05, 3.63) is 35.6 Å². The highest BCUT2D eigenvalue weighted by atomic mass is 19.1. The molecule has 0 aliphatic carbocycles. The number of amides is 2. The molecule has 2 heterocycles. The molecule has 0 radical (unpaired) electrons. The zero-order valence-corrected chi connectivity index (χ0v) is 13.3. The molecule has 0 aromatic heterocycles. The highest BCUT2D eigenvalue weighted by Gasteiger charge is 2.34. The van der Waals surface area contributed by atoms with E-state index in [0.717, 1.165) is 18.7 Å². The third-order valence-corrected chi connectivity index (χ3v) is 4.80. The minimum Gasteiger partial charge on any atom is -0.335 e. The van der Waals surface area contributed by atoms with Gasteiger partial charge in [-0.05, 0) is 36.7 Å². The third-order valence-electron chi connectivity index (χ3n) is 4.80. The van der Waals surface area contributed by atoms with Crippen LogP contribution in [0.5, 0.6) is 0 Å². The van der Waals surface area contributed by atoms with Gasteiger partial charge in [-0.2, -0.15) is 0 Å². The van der Waals surface area contributed by atoms with Crippen molar-refractivity contribution in [3.63, 3.8) is 0 Å². The molecule has 2 saturated heterocycles. The van der Waals surface area contributed by atoms with E-state index in [1.807, 2.05) is 6.92 Å². The Bertz CT molecular complexity index is 603. The smallest absolute Gasteiger partial charge is 0.242 e. The fourth-order valence-corrected chi connectivity index (χ4v) is 3.07. The predicted molar refractivity (Wildman–Crippen MR) is 83.9 cm³/mol. The van der Waals surface area contributed by atoms with Gasteiger partial charge in [-0.3, -0.25) is 9.59 Å². The molecule has 0 bridgehead atoms. The van der Waals surface area contributed by atoms with Gasteiger partial charge in [-0.25, -0.2) is 4.39 Å². The summed E-state index contributed by atoms with van der Waals surface area (Å²) in [5.41, 5.74) is 0.770. The summed E-state index contributed by atoms with van der Waals surface area (Å²) in [6, 6.07) is 6.28. The first-order valence-corrected chi connectivity index (χ1v) is 8.06. The second-order valence-electron chi connectivity index (χ2n) is 6.41. The van der Waals surface area contributed by atoms with Crippen molar-refractivity contribution in [1.29, 1.82) is 0 Å². The van der Waals surface area contributed by atoms with Gasteiger partial charge < -0.3 is 15.1 Å². The summed E-state index contributed by atoms with van der Waals surface area (Å²) >= 11 is 0. The van der Waals surface area contributed by atoms with Crippen LogP contribution >= 0.6 is 0 Å². The fourth-order valence-electron chi connectivity index (χ4n) is 3.07. The molecule has 1 N–H and O–H groups in total. The van der Waals surface area contributed by atoms with Crippen LogP contribution in [0.4, 0.5) is 4.39 Å². The average Bonchev–Trinajstić information content (AvgIpc) is 2.47. The van der Waals surface area contributed by atoms with Crippen LogP contribution in [0.1, 0.15) is 12.5 Å². The van der Waals surface area contributed by atoms with Crippen molar-refractivity contribution in [2.45, 2.75) is 13.5 Å². The Kier molecular flexibility index (Phi) is 4.61. The Labute approximate surface area is 135 Å². The molecule has 5 nitrogen and oxygen atoms in total. The van der Waals surface area contributed by atoms with Crippen molar-refractivity contribution < 1.29 is 14.0 Å². The van der Waals surface area contributed by atoms with Crippen molar-refractivity contribution in [3.8, 4) is 0 Å². The molecule has 2 amide bonds. The molecular formula is C17H22FN3O2. The maximum atomic E-state index is 13.2. The van der Waals surface area contributed by atoms with Crippen LogP contribution in [0.2, 0.25) is 0 Å². The molecular weight excluding hydrogens is 297 g/mol. The molecule has 2 aliphatic rings. The van der Waals surface area contributed by atoms with E-state index < -0.39 is 0 Å². The number of nitrogens with zero attached hydrogens (tertiary/aromatic N) is 2. The number of piperazine rings is 1. The number of hydrogen-bond donors (Lipinski definition) is 1. The van der Waals surface area contributed by atoms with Crippen LogP contribution in [0.15, 0.2) is 24.3 Å². The number of halogens is 1. The Morgan fingerprint density at radius 2 is 2.17 bits per heavy atom. The monoisotopic (exact) mass is 319 g/mol. The molecule has 2 fully saturated rings. The van der Waals surface area contributed by atoms with Crippen molar-refractivity contribution in [2.24, 2.45) is 11.8 Å². The van der Waals surface area contributed by atoms with Crippen LogP contribution < -0.4 is 5.32 Å². The maximum Gasteiger partial charge on any atom is 0.242 e. The molecule has 124 valence electrons. The van der Waals surface area contributed by atoms with Crippen LogP contribution in [0.3, 0.4) is 0 Å². The van der Waals surface area contributed by atoms with E-state index in [-0.39, 0.29) is 30.1 Å². The average molecular weight is 319 g/mol. The number of benzene rings is 1. The summed E-state index contributed by atoms with van der Waals surface area (Å²) in [4.78, 5) is 28.1. The fraction of sp³-hybridized carbons (Fsp3) is 0.529. The van der Waals surface area contributed by atoms with E-state index in [1.165, 1.54) is 12.1 Å². The Hall–Kier alpha value is -1.95. The Morgan fingerprint density at radius 3 is 2.78 bits per heavy atom. The second kappa shape index (κ2) is 6.66. The van der Waals surface area contributed by atoms with Gasteiger partial charge in [-0.15, -0.1) is 0 Å². The first-order chi connectivity index (χ1) is 11.0. The zero-order valence-electron chi connectivity index (χ0n) is 13.3. The third kappa shape index (κ3) is 3.52. The van der Waals surface area contributed by atoms with Gasteiger partial charge in [0.05, 0.1) is 6.54 Å². The van der Waals surface area contributed by atoms with Gasteiger partial charge >= 0.3 is 0 Å². The lowest BCUT2D eigenvalue weighted by atomic mass is 9.88. The minimum atomic E-state index is -0.299. The van der Waals surface area contributed by atoms with Gasteiger partial charge in [0.1, 0.15) is 5.82 Å². The summed E-state index contributed by atoms with van der Waals surface area (Å²) < 4.78 is 13.2. The molecule has 0 saturated carbocycles. The SMILES string of the molecule is CC(C(=O)N1CCN(Cc2cccc(F)c2)C(=O)C1)C1CNC1. The highest BCUT2D eigenvalue weighted by molar-refractivity contribution is 5.87. The minimum absolute atomic E-state index is 0.0428. The van der Waals surface area contributed by atoms with E-state index >= 15 is 0 Å². The largest absolute Gasteiger partial charge is 0.335 e. The summed E-state index contributed by atoms with van der Waals surface area (Å²) in [5.74, 6) is 0.0245. The maximum absolute atomic E-state index is 13.2. The van der Waals surface area contributed by atoms with Crippen molar-refractivity contribution in [2.75, 3.05) is 32.7 Å². The van der Waals surface area contributed by atoms with E-state index in [0.29, 0.717) is 25.6 Å². The van der Waals surface area contributed by atoms with Gasteiger partial charge in [0.2, 0.25) is 11.8 Å². The molecule has 2 aliphatic heterocycles. The molecule has 6 heteroatoms. The van der Waals surface area contributed by atoms with E-state index in [1.54, 1.807) is 21.9 Å². The number of nitrogens with one attached hydrogen (secondary N) is 1. The number of carbonyl (C=O) groups excluding carboxylic acids is 2. The van der Waals surface area contributed by atoms with Gasteiger partial charge in [0.15, 0.2) is 0 Å². The lowest BCUT2D eigenvalue weighted by Crippen LogP contribution is -2.56. The summed E-state index contributed by atoms with van der Waals surface area (Å²) in [7, 11) is 0. The van der Waals surface area contributed by atoms with Crippen molar-refractivity contribution >= 4 is 11.8 Å². The topological polar surface area (TPSA) is 52.7 Å². The summed E-state index contributed by atoms with van der Waals surface area (Å²) in [6.45, 7) is 5.25. The second-order valence-corrected chi connectivity index (χ2v) is 6.41.